The summed E-state index contributed by atoms with van der Waals surface area (Å²) >= 11 is 0. The van der Waals surface area contributed by atoms with Crippen LogP contribution in [0.15, 0.2) is 18.2 Å². The topological polar surface area (TPSA) is 32.3 Å². The van der Waals surface area contributed by atoms with Gasteiger partial charge in [0.2, 0.25) is 5.91 Å². The highest BCUT2D eigenvalue weighted by Gasteiger charge is 2.37. The van der Waals surface area contributed by atoms with Gasteiger partial charge in [0.15, 0.2) is 0 Å². The first-order chi connectivity index (χ1) is 11.5. The fourth-order valence-corrected chi connectivity index (χ4v) is 3.65. The molecule has 0 aromatic heterocycles. The molecular weight excluding hydrogens is 310 g/mol. The van der Waals surface area contributed by atoms with Gasteiger partial charge in [0, 0.05) is 42.7 Å². The highest BCUT2D eigenvalue weighted by Crippen LogP contribution is 2.33. The molecule has 3 atom stereocenters. The maximum atomic E-state index is 14.1. The zero-order valence-electron chi connectivity index (χ0n) is 14.4. The molecule has 3 nitrogen and oxygen atoms in total. The second-order valence-electron chi connectivity index (χ2n) is 7.22. The summed E-state index contributed by atoms with van der Waals surface area (Å²) < 4.78 is 27.2. The second kappa shape index (κ2) is 7.18. The van der Waals surface area contributed by atoms with E-state index in [4.69, 9.17) is 0 Å². The van der Waals surface area contributed by atoms with Gasteiger partial charge >= 0.3 is 0 Å². The fourth-order valence-electron chi connectivity index (χ4n) is 3.65. The molecule has 132 valence electrons. The monoisotopic (exact) mass is 336 g/mol. The van der Waals surface area contributed by atoms with Crippen molar-refractivity contribution in [1.29, 1.82) is 0 Å². The average molecular weight is 336 g/mol. The van der Waals surface area contributed by atoms with E-state index in [1.807, 2.05) is 11.8 Å². The van der Waals surface area contributed by atoms with Crippen molar-refractivity contribution < 1.29 is 13.6 Å². The molecule has 1 N–H and O–H groups in total. The number of carbonyl (C=O) groups excluding carboxylic acids is 1. The van der Waals surface area contributed by atoms with Crippen molar-refractivity contribution in [2.45, 2.75) is 51.6 Å². The Morgan fingerprint density at radius 3 is 2.67 bits per heavy atom. The van der Waals surface area contributed by atoms with Crippen molar-refractivity contribution in [2.24, 2.45) is 11.8 Å². The van der Waals surface area contributed by atoms with E-state index in [2.05, 4.69) is 12.2 Å². The Morgan fingerprint density at radius 2 is 2.08 bits per heavy atom. The number of amides is 1. The molecule has 3 rings (SSSR count). The predicted octanol–water partition coefficient (Wildman–Crippen LogP) is 3.65. The Kier molecular flexibility index (Phi) is 5.18. The maximum absolute atomic E-state index is 14.1. The van der Waals surface area contributed by atoms with Crippen LogP contribution in [-0.4, -0.2) is 29.9 Å². The van der Waals surface area contributed by atoms with Crippen LogP contribution in [0.25, 0.3) is 0 Å². The van der Waals surface area contributed by atoms with Gasteiger partial charge in [-0.05, 0) is 37.7 Å². The number of rotatable bonds is 5. The Morgan fingerprint density at radius 1 is 1.33 bits per heavy atom. The quantitative estimate of drug-likeness (QED) is 0.890. The van der Waals surface area contributed by atoms with Gasteiger partial charge in [0.1, 0.15) is 11.6 Å². The van der Waals surface area contributed by atoms with E-state index in [9.17, 15) is 13.6 Å². The number of hydrogen-bond donors (Lipinski definition) is 1. The maximum Gasteiger partial charge on any atom is 0.225 e. The smallest absolute Gasteiger partial charge is 0.225 e. The molecule has 1 aromatic rings. The van der Waals surface area contributed by atoms with Crippen LogP contribution in [0.1, 0.15) is 51.1 Å². The lowest BCUT2D eigenvalue weighted by Crippen LogP contribution is -2.51. The number of likely N-dealkylation sites (tertiary alicyclic amines) is 1. The normalized spacial score (nSPS) is 25.6. The number of halogens is 2. The number of carbonyl (C=O) groups is 1. The van der Waals surface area contributed by atoms with Crippen molar-refractivity contribution in [2.75, 3.05) is 13.1 Å². The molecule has 24 heavy (non-hydrogen) atoms. The van der Waals surface area contributed by atoms with E-state index in [0.717, 1.165) is 44.8 Å². The van der Waals surface area contributed by atoms with Gasteiger partial charge in [-0.1, -0.05) is 19.9 Å². The predicted molar refractivity (Wildman–Crippen MR) is 89.4 cm³/mol. The number of nitrogens with zero attached hydrogens (tertiary/aromatic N) is 1. The Labute approximate surface area is 142 Å². The summed E-state index contributed by atoms with van der Waals surface area (Å²) in [5.41, 5.74) is 0.516. The average Bonchev–Trinajstić information content (AvgIpc) is 3.38. The van der Waals surface area contributed by atoms with Gasteiger partial charge in [-0.2, -0.15) is 0 Å². The van der Waals surface area contributed by atoms with Crippen LogP contribution in [0.3, 0.4) is 0 Å². The molecular formula is C19H26F2N2O. The fraction of sp³-hybridized carbons (Fsp3) is 0.632. The molecule has 2 fully saturated rings. The molecule has 1 aliphatic heterocycles. The van der Waals surface area contributed by atoms with Crippen molar-refractivity contribution in [3.63, 3.8) is 0 Å². The summed E-state index contributed by atoms with van der Waals surface area (Å²) in [6.45, 7) is 5.66. The summed E-state index contributed by atoms with van der Waals surface area (Å²) in [5, 5.41) is 3.54. The van der Waals surface area contributed by atoms with Crippen LogP contribution in [0, 0.1) is 23.5 Å². The summed E-state index contributed by atoms with van der Waals surface area (Å²) in [4.78, 5) is 14.2. The lowest BCUT2D eigenvalue weighted by Gasteiger charge is -2.39. The van der Waals surface area contributed by atoms with Gasteiger partial charge in [0.05, 0.1) is 0 Å². The standard InChI is InChI=1S/C19H26F2N2O/c1-3-17(15-7-6-14(20)10-16(15)21)22-18-8-9-23(11-12(18)2)19(24)13-4-5-13/h6-7,10,12-13,17-18,22H,3-5,8-9,11H2,1-2H3/t12-,17-,18+/m0/s1. The molecule has 1 aliphatic carbocycles. The van der Waals surface area contributed by atoms with Crippen molar-refractivity contribution in [3.05, 3.63) is 35.4 Å². The molecule has 0 radical (unpaired) electrons. The zero-order chi connectivity index (χ0) is 17.3. The molecule has 0 unspecified atom stereocenters. The zero-order valence-corrected chi connectivity index (χ0v) is 14.4. The van der Waals surface area contributed by atoms with E-state index >= 15 is 0 Å². The summed E-state index contributed by atoms with van der Waals surface area (Å²) in [7, 11) is 0. The van der Waals surface area contributed by atoms with Crippen molar-refractivity contribution in [3.8, 4) is 0 Å². The number of benzene rings is 1. The molecule has 1 aromatic carbocycles. The molecule has 1 amide bonds. The molecule has 0 spiro atoms. The molecule has 1 heterocycles. The minimum absolute atomic E-state index is 0.135. The van der Waals surface area contributed by atoms with Crippen molar-refractivity contribution in [1.82, 2.24) is 10.2 Å². The van der Waals surface area contributed by atoms with Crippen LogP contribution >= 0.6 is 0 Å². The van der Waals surface area contributed by atoms with Gasteiger partial charge < -0.3 is 10.2 Å². The van der Waals surface area contributed by atoms with Gasteiger partial charge in [-0.3, -0.25) is 4.79 Å². The summed E-state index contributed by atoms with van der Waals surface area (Å²) in [6.07, 6.45) is 3.68. The van der Waals surface area contributed by atoms with Crippen LogP contribution in [0.2, 0.25) is 0 Å². The first-order valence-corrected chi connectivity index (χ1v) is 8.99. The van der Waals surface area contributed by atoms with Crippen LogP contribution in [0.4, 0.5) is 8.78 Å². The largest absolute Gasteiger partial charge is 0.342 e. The van der Waals surface area contributed by atoms with E-state index in [1.165, 1.54) is 12.1 Å². The first-order valence-electron chi connectivity index (χ1n) is 8.99. The van der Waals surface area contributed by atoms with Gasteiger partial charge in [0.25, 0.3) is 0 Å². The SMILES string of the molecule is CC[C@H](N[C@@H]1CCN(C(=O)C2CC2)C[C@@H]1C)c1ccc(F)cc1F. The summed E-state index contributed by atoms with van der Waals surface area (Å²) in [5.74, 6) is -0.163. The second-order valence-corrected chi connectivity index (χ2v) is 7.22. The third-order valence-electron chi connectivity index (χ3n) is 5.30. The summed E-state index contributed by atoms with van der Waals surface area (Å²) in [6, 6.07) is 3.89. The molecule has 1 saturated heterocycles. The van der Waals surface area contributed by atoms with E-state index in [1.54, 1.807) is 0 Å². The van der Waals surface area contributed by atoms with Crippen LogP contribution in [-0.2, 0) is 4.79 Å². The third kappa shape index (κ3) is 3.77. The van der Waals surface area contributed by atoms with Crippen molar-refractivity contribution >= 4 is 5.91 Å². The number of piperidine rings is 1. The Bertz CT molecular complexity index is 603. The lowest BCUT2D eigenvalue weighted by atomic mass is 9.91. The molecule has 1 saturated carbocycles. The Hall–Kier alpha value is -1.49. The third-order valence-corrected chi connectivity index (χ3v) is 5.30. The van der Waals surface area contributed by atoms with Crippen LogP contribution < -0.4 is 5.32 Å². The van der Waals surface area contributed by atoms with E-state index in [-0.39, 0.29) is 18.0 Å². The molecule has 5 heteroatoms. The minimum atomic E-state index is -0.550. The van der Waals surface area contributed by atoms with Gasteiger partial charge in [-0.15, -0.1) is 0 Å². The van der Waals surface area contributed by atoms with Gasteiger partial charge in [-0.25, -0.2) is 8.78 Å². The minimum Gasteiger partial charge on any atom is -0.342 e. The first kappa shape index (κ1) is 17.3. The molecule has 2 aliphatic rings. The Balaban J connectivity index is 1.62. The van der Waals surface area contributed by atoms with E-state index < -0.39 is 11.6 Å². The number of nitrogens with one attached hydrogen (secondary N) is 1. The molecule has 0 bridgehead atoms. The van der Waals surface area contributed by atoms with E-state index in [0.29, 0.717) is 17.4 Å². The van der Waals surface area contributed by atoms with Crippen LogP contribution in [0.5, 0.6) is 0 Å². The highest BCUT2D eigenvalue weighted by atomic mass is 19.1. The number of hydrogen-bond acceptors (Lipinski definition) is 2. The highest BCUT2D eigenvalue weighted by molar-refractivity contribution is 5.81. The lowest BCUT2D eigenvalue weighted by molar-refractivity contribution is -0.134.